The molecule has 0 radical (unpaired) electrons. The number of carbonyl (C=O) groups is 1. The fraction of sp³-hybridized carbons (Fsp3) is 0.367. The summed E-state index contributed by atoms with van der Waals surface area (Å²) in [5.74, 6) is 0.949. The molecule has 2 heterocycles. The molecule has 6 nitrogen and oxygen atoms in total. The Hall–Kier alpha value is -3.32. The number of nitrogens with one attached hydrogen (secondary N) is 1. The van der Waals surface area contributed by atoms with Gasteiger partial charge in [-0.2, -0.15) is 5.10 Å². The van der Waals surface area contributed by atoms with Gasteiger partial charge < -0.3 is 4.74 Å². The number of benzene rings is 1. The van der Waals surface area contributed by atoms with Crippen molar-refractivity contribution in [2.24, 2.45) is 0 Å². The van der Waals surface area contributed by atoms with Crippen molar-refractivity contribution in [2.75, 3.05) is 12.9 Å². The molecule has 37 heavy (non-hydrogen) atoms. The van der Waals surface area contributed by atoms with Gasteiger partial charge in [-0.05, 0) is 43.0 Å². The van der Waals surface area contributed by atoms with Gasteiger partial charge in [0.2, 0.25) is 0 Å². The summed E-state index contributed by atoms with van der Waals surface area (Å²) >= 11 is 1.27. The molecule has 0 spiro atoms. The van der Waals surface area contributed by atoms with Crippen LogP contribution in [0, 0.1) is 0 Å². The molecule has 196 valence electrons. The highest BCUT2D eigenvalue weighted by atomic mass is 32.2. The maximum atomic E-state index is 12.6. The summed E-state index contributed by atoms with van der Waals surface area (Å²) in [6.07, 6.45) is 18.3. The van der Waals surface area contributed by atoms with Crippen LogP contribution in [0.15, 0.2) is 73.1 Å². The van der Waals surface area contributed by atoms with Crippen molar-refractivity contribution in [3.8, 4) is 16.9 Å². The van der Waals surface area contributed by atoms with Crippen LogP contribution in [-0.2, 0) is 0 Å². The molecule has 1 aromatic carbocycles. The summed E-state index contributed by atoms with van der Waals surface area (Å²) < 4.78 is 10.7. The van der Waals surface area contributed by atoms with E-state index in [1.807, 2.05) is 54.3 Å². The zero-order chi connectivity index (χ0) is 26.6. The van der Waals surface area contributed by atoms with Gasteiger partial charge in [0.05, 0.1) is 18.5 Å². The monoisotopic (exact) mass is 518 g/mol. The first-order valence-electron chi connectivity index (χ1n) is 12.9. The number of nitrogens with zero attached hydrogens (tertiary/aromatic N) is 3. The minimum Gasteiger partial charge on any atom is -0.493 e. The van der Waals surface area contributed by atoms with Crippen molar-refractivity contribution in [1.82, 2.24) is 19.3 Å². The predicted molar refractivity (Wildman–Crippen MR) is 155 cm³/mol. The fourth-order valence-corrected chi connectivity index (χ4v) is 4.77. The van der Waals surface area contributed by atoms with Gasteiger partial charge in [-0.3, -0.25) is 9.52 Å². The number of rotatable bonds is 14. The molecule has 0 atom stereocenters. The zero-order valence-electron chi connectivity index (χ0n) is 22.4. The minimum atomic E-state index is -0.182. The molecule has 0 unspecified atom stereocenters. The van der Waals surface area contributed by atoms with Crippen LogP contribution < -0.4 is 9.46 Å². The molecule has 0 saturated carbocycles. The Labute approximate surface area is 225 Å². The van der Waals surface area contributed by atoms with Crippen molar-refractivity contribution < 1.29 is 9.53 Å². The van der Waals surface area contributed by atoms with E-state index in [1.54, 1.807) is 6.20 Å². The first-order chi connectivity index (χ1) is 18.1. The Morgan fingerprint density at radius 3 is 2.54 bits per heavy atom. The molecule has 3 aromatic rings. The van der Waals surface area contributed by atoms with Crippen LogP contribution in [0.2, 0.25) is 0 Å². The van der Waals surface area contributed by atoms with Gasteiger partial charge in [-0.1, -0.05) is 81.7 Å². The van der Waals surface area contributed by atoms with Crippen LogP contribution in [0.5, 0.6) is 5.75 Å². The highest BCUT2D eigenvalue weighted by molar-refractivity contribution is 7.97. The maximum Gasteiger partial charge on any atom is 0.266 e. The summed E-state index contributed by atoms with van der Waals surface area (Å²) in [5.41, 5.74) is 5.41. The molecule has 0 aliphatic heterocycles. The predicted octanol–water partition coefficient (Wildman–Crippen LogP) is 7.55. The van der Waals surface area contributed by atoms with Crippen molar-refractivity contribution >= 4 is 23.5 Å². The van der Waals surface area contributed by atoms with E-state index in [2.05, 4.69) is 53.4 Å². The number of ether oxygens (including phenoxy) is 1. The first kappa shape index (κ1) is 28.3. The van der Waals surface area contributed by atoms with Gasteiger partial charge in [0, 0.05) is 30.4 Å². The lowest BCUT2D eigenvalue weighted by atomic mass is 9.89. The molecule has 0 aliphatic rings. The van der Waals surface area contributed by atoms with Gasteiger partial charge >= 0.3 is 0 Å². The number of allylic oxidation sites excluding steroid dienone is 4. The van der Waals surface area contributed by atoms with Gasteiger partial charge in [-0.25, -0.2) is 9.50 Å². The molecule has 1 amide bonds. The number of amides is 1. The zero-order valence-corrected chi connectivity index (χ0v) is 23.2. The first-order valence-corrected chi connectivity index (χ1v) is 14.2. The summed E-state index contributed by atoms with van der Waals surface area (Å²) in [5, 5.41) is 4.64. The molecular weight excluding hydrogens is 480 g/mol. The summed E-state index contributed by atoms with van der Waals surface area (Å²) in [7, 11) is 0. The third-order valence-corrected chi connectivity index (χ3v) is 6.64. The normalized spacial score (nSPS) is 12.0. The number of hydrogen-bond acceptors (Lipinski definition) is 5. The second-order valence-corrected chi connectivity index (χ2v) is 9.47. The van der Waals surface area contributed by atoms with Crippen LogP contribution in [0.3, 0.4) is 0 Å². The van der Waals surface area contributed by atoms with Crippen LogP contribution in [0.25, 0.3) is 16.8 Å². The van der Waals surface area contributed by atoms with E-state index in [4.69, 9.17) is 4.74 Å². The standard InChI is InChI=1S/C30H38N4O2S/c1-6-10-13-22(9-4)18-19-36-25-16-14-23(15-17-25)26-20-31-29-27(30(35)33-37-5)21-32-34(29)28(26)24(11-7-2)12-8-3/h6,9-10,13-17,20-21,24H,4,7-8,11-12,18-19H2,1-3,5H3,(H,33,35)/b10-6-,22-13+. The van der Waals surface area contributed by atoms with E-state index in [9.17, 15) is 4.79 Å². The minimum absolute atomic E-state index is 0.182. The smallest absolute Gasteiger partial charge is 0.266 e. The SMILES string of the molecule is C=C/C(=C\C=C/C)CCOc1ccc(-c2cnc3c(C(=O)NSC)cnn3c2C(CCC)CCC)cc1. The molecule has 2 aromatic heterocycles. The van der Waals surface area contributed by atoms with E-state index < -0.39 is 0 Å². The molecule has 3 rings (SSSR count). The molecule has 0 aliphatic carbocycles. The lowest BCUT2D eigenvalue weighted by Crippen LogP contribution is -2.16. The van der Waals surface area contributed by atoms with Gasteiger partial charge in [0.25, 0.3) is 5.91 Å². The van der Waals surface area contributed by atoms with Crippen LogP contribution in [-0.4, -0.2) is 33.4 Å². The number of aromatic nitrogens is 3. The van der Waals surface area contributed by atoms with Gasteiger partial charge in [0.15, 0.2) is 5.65 Å². The summed E-state index contributed by atoms with van der Waals surface area (Å²) in [6.45, 7) is 10.9. The Morgan fingerprint density at radius 1 is 1.19 bits per heavy atom. The van der Waals surface area contributed by atoms with E-state index in [-0.39, 0.29) is 5.91 Å². The highest BCUT2D eigenvalue weighted by Gasteiger charge is 2.23. The molecule has 0 fully saturated rings. The Balaban J connectivity index is 1.94. The molecule has 1 N–H and O–H groups in total. The maximum absolute atomic E-state index is 12.6. The van der Waals surface area contributed by atoms with Crippen molar-refractivity contribution in [2.45, 2.75) is 58.8 Å². The average molecular weight is 519 g/mol. The second-order valence-electron chi connectivity index (χ2n) is 8.85. The third kappa shape index (κ3) is 7.13. The van der Waals surface area contributed by atoms with Gasteiger partial charge in [0.1, 0.15) is 11.3 Å². The Bertz CT molecular complexity index is 1240. The average Bonchev–Trinajstić information content (AvgIpc) is 3.35. The summed E-state index contributed by atoms with van der Waals surface area (Å²) in [6, 6.07) is 8.15. The summed E-state index contributed by atoms with van der Waals surface area (Å²) in [4.78, 5) is 17.3. The van der Waals surface area contributed by atoms with Crippen molar-refractivity contribution in [3.63, 3.8) is 0 Å². The van der Waals surface area contributed by atoms with Crippen LogP contribution >= 0.6 is 11.9 Å². The van der Waals surface area contributed by atoms with Gasteiger partial charge in [-0.15, -0.1) is 0 Å². The largest absolute Gasteiger partial charge is 0.493 e. The highest BCUT2D eigenvalue weighted by Crippen LogP contribution is 2.35. The van der Waals surface area contributed by atoms with E-state index in [0.717, 1.165) is 60.2 Å². The molecular formula is C30H38N4O2S. The lowest BCUT2D eigenvalue weighted by molar-refractivity contribution is 0.0986. The Kier molecular flexibility index (Phi) is 11.0. The topological polar surface area (TPSA) is 68.5 Å². The van der Waals surface area contributed by atoms with Crippen molar-refractivity contribution in [3.05, 3.63) is 84.4 Å². The molecule has 0 saturated heterocycles. The second kappa shape index (κ2) is 14.4. The van der Waals surface area contributed by atoms with E-state index >= 15 is 0 Å². The molecule has 0 bridgehead atoms. The quantitative estimate of drug-likeness (QED) is 0.176. The lowest BCUT2D eigenvalue weighted by Gasteiger charge is -2.21. The fourth-order valence-electron chi connectivity index (χ4n) is 4.48. The van der Waals surface area contributed by atoms with Crippen LogP contribution in [0.1, 0.15) is 74.8 Å². The number of hydrogen-bond donors (Lipinski definition) is 1. The van der Waals surface area contributed by atoms with E-state index in [1.165, 1.54) is 11.9 Å². The molecule has 7 heteroatoms. The van der Waals surface area contributed by atoms with Crippen molar-refractivity contribution in [1.29, 1.82) is 0 Å². The van der Waals surface area contributed by atoms with Crippen LogP contribution in [0.4, 0.5) is 0 Å². The van der Waals surface area contributed by atoms with E-state index in [0.29, 0.717) is 23.7 Å². The number of fused-ring (bicyclic) bond motifs is 1. The third-order valence-electron chi connectivity index (χ3n) is 6.25. The Morgan fingerprint density at radius 2 is 1.92 bits per heavy atom. The number of carbonyl (C=O) groups excluding carboxylic acids is 1.